The molecule has 4 aromatic carbocycles. The smallest absolute Gasteiger partial charge is 0.271 e. The lowest BCUT2D eigenvalue weighted by Crippen LogP contribution is -2.26. The number of hydrogen-bond donors (Lipinski definition) is 2. The number of nitrogens with one attached hydrogen (secondary N) is 1. The SMILES string of the molecule is CCOc1cccc(/C=N\NC(=O)c2ccc(CN3c4cccc5cccc(c45)S3(=O)=O)cc2)c1O. The van der Waals surface area contributed by atoms with Gasteiger partial charge in [0.25, 0.3) is 15.9 Å². The molecule has 1 aliphatic heterocycles. The Bertz CT molecular complexity index is 1590. The molecule has 5 rings (SSSR count). The molecule has 0 spiro atoms. The maximum absolute atomic E-state index is 13.2. The molecule has 8 nitrogen and oxygen atoms in total. The zero-order valence-electron chi connectivity index (χ0n) is 19.4. The fourth-order valence-electron chi connectivity index (χ4n) is 4.20. The monoisotopic (exact) mass is 501 g/mol. The molecular weight excluding hydrogens is 478 g/mol. The minimum Gasteiger partial charge on any atom is -0.504 e. The van der Waals surface area contributed by atoms with Crippen LogP contribution in [0.1, 0.15) is 28.4 Å². The van der Waals surface area contributed by atoms with Gasteiger partial charge in [-0.1, -0.05) is 42.5 Å². The van der Waals surface area contributed by atoms with Gasteiger partial charge < -0.3 is 9.84 Å². The molecule has 1 aliphatic rings. The number of phenols is 1. The first-order chi connectivity index (χ1) is 17.4. The largest absolute Gasteiger partial charge is 0.504 e. The van der Waals surface area contributed by atoms with Crippen LogP contribution >= 0.6 is 0 Å². The van der Waals surface area contributed by atoms with Crippen LogP contribution in [0.3, 0.4) is 0 Å². The lowest BCUT2D eigenvalue weighted by molar-refractivity contribution is 0.0955. The van der Waals surface area contributed by atoms with Gasteiger partial charge in [-0.3, -0.25) is 9.10 Å². The number of hydrogen-bond acceptors (Lipinski definition) is 6. The Morgan fingerprint density at radius 3 is 2.50 bits per heavy atom. The van der Waals surface area contributed by atoms with Gasteiger partial charge in [0.05, 0.1) is 29.9 Å². The molecule has 0 aromatic heterocycles. The third-order valence-corrected chi connectivity index (χ3v) is 7.73. The third-order valence-electron chi connectivity index (χ3n) is 5.92. The highest BCUT2D eigenvalue weighted by atomic mass is 32.2. The molecule has 0 saturated heterocycles. The molecular formula is C27H23N3O5S. The number of nitrogens with zero attached hydrogens (tertiary/aromatic N) is 2. The lowest BCUT2D eigenvalue weighted by atomic mass is 10.1. The Balaban J connectivity index is 1.29. The van der Waals surface area contributed by atoms with Crippen LogP contribution in [-0.2, 0) is 16.6 Å². The Hall–Kier alpha value is -4.37. The molecule has 0 aliphatic carbocycles. The molecule has 0 radical (unpaired) electrons. The average molecular weight is 502 g/mol. The van der Waals surface area contributed by atoms with Gasteiger partial charge in [-0.25, -0.2) is 13.8 Å². The number of aromatic hydroxyl groups is 1. The Labute approximate surface area is 208 Å². The normalized spacial score (nSPS) is 13.9. The number of phenolic OH excluding ortho intramolecular Hbond substituents is 1. The molecule has 2 N–H and O–H groups in total. The topological polar surface area (TPSA) is 108 Å². The van der Waals surface area contributed by atoms with Crippen LogP contribution in [-0.4, -0.2) is 32.3 Å². The van der Waals surface area contributed by atoms with E-state index in [9.17, 15) is 18.3 Å². The van der Waals surface area contributed by atoms with E-state index in [-0.39, 0.29) is 12.3 Å². The summed E-state index contributed by atoms with van der Waals surface area (Å²) >= 11 is 0. The second-order valence-corrected chi connectivity index (χ2v) is 10.00. The second kappa shape index (κ2) is 9.35. The van der Waals surface area contributed by atoms with E-state index in [4.69, 9.17) is 4.74 Å². The first-order valence-corrected chi connectivity index (χ1v) is 12.8. The summed E-state index contributed by atoms with van der Waals surface area (Å²) in [4.78, 5) is 12.8. The van der Waals surface area contributed by atoms with E-state index in [2.05, 4.69) is 10.5 Å². The van der Waals surface area contributed by atoms with Crippen LogP contribution < -0.4 is 14.5 Å². The summed E-state index contributed by atoms with van der Waals surface area (Å²) in [6, 6.07) is 22.5. The van der Waals surface area contributed by atoms with Gasteiger partial charge in [-0.05, 0) is 54.3 Å². The van der Waals surface area contributed by atoms with Crippen LogP contribution in [0.5, 0.6) is 11.5 Å². The van der Waals surface area contributed by atoms with E-state index < -0.39 is 15.9 Å². The second-order valence-electron chi connectivity index (χ2n) is 8.17. The first kappa shape index (κ1) is 23.4. The van der Waals surface area contributed by atoms with E-state index >= 15 is 0 Å². The summed E-state index contributed by atoms with van der Waals surface area (Å²) < 4.78 is 33.1. The van der Waals surface area contributed by atoms with Gasteiger partial charge in [0.1, 0.15) is 0 Å². The zero-order chi connectivity index (χ0) is 25.3. The van der Waals surface area contributed by atoms with Gasteiger partial charge in [-0.15, -0.1) is 0 Å². The Morgan fingerprint density at radius 1 is 1.03 bits per heavy atom. The predicted octanol–water partition coefficient (Wildman–Crippen LogP) is 4.42. The van der Waals surface area contributed by atoms with Gasteiger partial charge in [0.15, 0.2) is 11.5 Å². The molecule has 36 heavy (non-hydrogen) atoms. The summed E-state index contributed by atoms with van der Waals surface area (Å²) in [5.74, 6) is -0.164. The first-order valence-electron chi connectivity index (χ1n) is 11.3. The van der Waals surface area contributed by atoms with Crippen molar-refractivity contribution in [1.29, 1.82) is 0 Å². The average Bonchev–Trinajstić information content (AvgIpc) is 3.10. The van der Waals surface area contributed by atoms with E-state index in [0.29, 0.717) is 34.1 Å². The van der Waals surface area contributed by atoms with Gasteiger partial charge in [-0.2, -0.15) is 5.10 Å². The van der Waals surface area contributed by atoms with E-state index in [1.165, 1.54) is 10.5 Å². The van der Waals surface area contributed by atoms with Crippen molar-refractivity contribution in [3.05, 3.63) is 95.6 Å². The van der Waals surface area contributed by atoms with Gasteiger partial charge in [0, 0.05) is 16.5 Å². The number of amides is 1. The summed E-state index contributed by atoms with van der Waals surface area (Å²) in [5, 5.41) is 15.7. The van der Waals surface area contributed by atoms with Crippen molar-refractivity contribution in [2.24, 2.45) is 5.10 Å². The molecule has 0 atom stereocenters. The molecule has 0 bridgehead atoms. The summed E-state index contributed by atoms with van der Waals surface area (Å²) in [6.07, 6.45) is 1.33. The highest BCUT2D eigenvalue weighted by Gasteiger charge is 2.35. The number of sulfonamides is 1. The van der Waals surface area contributed by atoms with Crippen LogP contribution in [0.25, 0.3) is 10.8 Å². The highest BCUT2D eigenvalue weighted by molar-refractivity contribution is 7.93. The number of hydrazone groups is 1. The molecule has 0 unspecified atom stereocenters. The van der Waals surface area contributed by atoms with Crippen LogP contribution in [0.4, 0.5) is 5.69 Å². The molecule has 0 saturated carbocycles. The number of carbonyl (C=O) groups is 1. The summed E-state index contributed by atoms with van der Waals surface area (Å²) in [6.45, 7) is 2.37. The standard InChI is InChI=1S/C27H23N3O5S/c1-2-35-23-10-4-8-21(26(23)31)16-28-29-27(32)20-14-12-18(13-15-20)17-30-22-9-3-6-19-7-5-11-24(25(19)22)36(30,33)34/h3-16,31H,2,17H2,1H3,(H,29,32)/b28-16-. The number of para-hydroxylation sites is 1. The maximum atomic E-state index is 13.2. The Morgan fingerprint density at radius 2 is 1.75 bits per heavy atom. The van der Waals surface area contributed by atoms with Crippen molar-refractivity contribution < 1.29 is 23.1 Å². The molecule has 0 fully saturated rings. The molecule has 1 amide bonds. The van der Waals surface area contributed by atoms with Crippen molar-refractivity contribution in [2.45, 2.75) is 18.4 Å². The van der Waals surface area contributed by atoms with Crippen molar-refractivity contribution in [3.63, 3.8) is 0 Å². The van der Waals surface area contributed by atoms with E-state index in [0.717, 1.165) is 16.3 Å². The van der Waals surface area contributed by atoms with Crippen molar-refractivity contribution in [3.8, 4) is 11.5 Å². The molecule has 4 aromatic rings. The number of benzene rings is 4. The summed E-state index contributed by atoms with van der Waals surface area (Å²) in [7, 11) is -3.67. The van der Waals surface area contributed by atoms with Crippen molar-refractivity contribution in [2.75, 3.05) is 10.9 Å². The minimum atomic E-state index is -3.67. The maximum Gasteiger partial charge on any atom is 0.271 e. The number of anilines is 1. The summed E-state index contributed by atoms with van der Waals surface area (Å²) in [5.41, 5.74) is 4.58. The van der Waals surface area contributed by atoms with E-state index in [1.54, 1.807) is 60.7 Å². The third kappa shape index (κ3) is 4.14. The zero-order valence-corrected chi connectivity index (χ0v) is 20.2. The van der Waals surface area contributed by atoms with Crippen LogP contribution in [0.15, 0.2) is 88.9 Å². The fraction of sp³-hybridized carbons (Fsp3) is 0.111. The lowest BCUT2D eigenvalue weighted by Gasteiger charge is -2.19. The van der Waals surface area contributed by atoms with Crippen molar-refractivity contribution in [1.82, 2.24) is 5.43 Å². The van der Waals surface area contributed by atoms with Crippen LogP contribution in [0.2, 0.25) is 0 Å². The van der Waals surface area contributed by atoms with Gasteiger partial charge >= 0.3 is 0 Å². The predicted molar refractivity (Wildman–Crippen MR) is 138 cm³/mol. The quantitative estimate of drug-likeness (QED) is 0.288. The minimum absolute atomic E-state index is 0.0589. The molecule has 1 heterocycles. The van der Waals surface area contributed by atoms with Crippen molar-refractivity contribution >= 4 is 38.6 Å². The number of rotatable bonds is 7. The number of ether oxygens (including phenoxy) is 1. The van der Waals surface area contributed by atoms with E-state index in [1.807, 2.05) is 25.1 Å². The fourth-order valence-corrected chi connectivity index (χ4v) is 5.89. The number of carbonyl (C=O) groups excluding carboxylic acids is 1. The van der Waals surface area contributed by atoms with Crippen LogP contribution in [0, 0.1) is 0 Å². The molecule has 9 heteroatoms. The Kier molecular flexibility index (Phi) is 6.07. The van der Waals surface area contributed by atoms with Gasteiger partial charge in [0.2, 0.25) is 0 Å². The highest BCUT2D eigenvalue weighted by Crippen LogP contribution is 2.42. The molecule has 182 valence electrons.